The number of esters is 1. The van der Waals surface area contributed by atoms with Gasteiger partial charge in [0.15, 0.2) is 6.61 Å². The van der Waals surface area contributed by atoms with Crippen LogP contribution in [0.1, 0.15) is 32.2 Å². The third kappa shape index (κ3) is 5.88. The molecule has 1 amide bonds. The molecule has 0 aliphatic heterocycles. The lowest BCUT2D eigenvalue weighted by atomic mass is 9.92. The van der Waals surface area contributed by atoms with Crippen LogP contribution >= 0.6 is 22.9 Å². The Morgan fingerprint density at radius 2 is 2.07 bits per heavy atom. The number of hydrogen-bond acceptors (Lipinski definition) is 7. The van der Waals surface area contributed by atoms with E-state index in [1.165, 1.54) is 11.3 Å². The fraction of sp³-hybridized carbons (Fsp3) is 0.300. The number of benzene rings is 1. The van der Waals surface area contributed by atoms with Crippen molar-refractivity contribution in [3.8, 4) is 10.6 Å². The molecule has 0 radical (unpaired) electrons. The maximum atomic E-state index is 12.0. The Bertz CT molecular complexity index is 1020. The molecule has 1 aromatic carbocycles. The highest BCUT2D eigenvalue weighted by molar-refractivity contribution is 7.13. The summed E-state index contributed by atoms with van der Waals surface area (Å²) < 4.78 is 10.1. The summed E-state index contributed by atoms with van der Waals surface area (Å²) in [5, 5.41) is 9.58. The van der Waals surface area contributed by atoms with Gasteiger partial charge in [0.25, 0.3) is 5.91 Å². The predicted molar refractivity (Wildman–Crippen MR) is 111 cm³/mol. The van der Waals surface area contributed by atoms with Gasteiger partial charge in [0.05, 0.1) is 17.8 Å². The van der Waals surface area contributed by atoms with Crippen LogP contribution in [0.4, 0.5) is 5.88 Å². The Morgan fingerprint density at radius 3 is 2.76 bits per heavy atom. The lowest BCUT2D eigenvalue weighted by Crippen LogP contribution is -2.21. The van der Waals surface area contributed by atoms with Crippen LogP contribution in [0.2, 0.25) is 5.02 Å². The third-order valence-electron chi connectivity index (χ3n) is 3.85. The molecule has 9 heteroatoms. The summed E-state index contributed by atoms with van der Waals surface area (Å²) >= 11 is 7.40. The number of carbonyl (C=O) groups excluding carboxylic acids is 2. The normalized spacial score (nSPS) is 11.3. The number of amides is 1. The largest absolute Gasteiger partial charge is 0.455 e. The van der Waals surface area contributed by atoms with Gasteiger partial charge < -0.3 is 9.26 Å². The van der Waals surface area contributed by atoms with Crippen LogP contribution in [0.5, 0.6) is 0 Å². The zero-order chi connectivity index (χ0) is 21.0. The monoisotopic (exact) mass is 433 g/mol. The van der Waals surface area contributed by atoms with Crippen molar-refractivity contribution in [1.82, 2.24) is 10.1 Å². The molecule has 1 N–H and O–H groups in total. The van der Waals surface area contributed by atoms with E-state index in [4.69, 9.17) is 20.9 Å². The van der Waals surface area contributed by atoms with Crippen molar-refractivity contribution in [2.75, 3.05) is 11.9 Å². The summed E-state index contributed by atoms with van der Waals surface area (Å²) in [6.45, 7) is 5.52. The average Bonchev–Trinajstić information content (AvgIpc) is 3.29. The number of carbonyl (C=O) groups is 2. The SMILES string of the molecule is CC(C)(C)c1cc(NC(=O)COC(=O)Cc2csc(-c3cccc(Cl)c3)n2)on1. The molecule has 2 heterocycles. The second-order valence-corrected chi connectivity index (χ2v) is 8.66. The van der Waals surface area contributed by atoms with E-state index in [0.717, 1.165) is 10.6 Å². The van der Waals surface area contributed by atoms with E-state index < -0.39 is 18.5 Å². The molecule has 3 aromatic rings. The Kier molecular flexibility index (Phi) is 6.34. The molecule has 2 aromatic heterocycles. The molecule has 3 rings (SSSR count). The molecule has 0 aliphatic rings. The van der Waals surface area contributed by atoms with Gasteiger partial charge in [-0.2, -0.15) is 0 Å². The molecule has 29 heavy (non-hydrogen) atoms. The van der Waals surface area contributed by atoms with Crippen LogP contribution < -0.4 is 5.32 Å². The lowest BCUT2D eigenvalue weighted by molar-refractivity contribution is -0.146. The van der Waals surface area contributed by atoms with E-state index in [2.05, 4.69) is 15.5 Å². The van der Waals surface area contributed by atoms with Crippen molar-refractivity contribution >= 4 is 40.7 Å². The Balaban J connectivity index is 1.49. The number of nitrogens with zero attached hydrogens (tertiary/aromatic N) is 2. The summed E-state index contributed by atoms with van der Waals surface area (Å²) in [7, 11) is 0. The van der Waals surface area contributed by atoms with Gasteiger partial charge in [-0.25, -0.2) is 4.98 Å². The number of halogens is 1. The van der Waals surface area contributed by atoms with E-state index >= 15 is 0 Å². The minimum absolute atomic E-state index is 0.0270. The summed E-state index contributed by atoms with van der Waals surface area (Å²) in [6.07, 6.45) is -0.0270. The molecular weight excluding hydrogens is 414 g/mol. The highest BCUT2D eigenvalue weighted by Gasteiger charge is 2.20. The number of aromatic nitrogens is 2. The van der Waals surface area contributed by atoms with Crippen LogP contribution in [0.25, 0.3) is 10.6 Å². The zero-order valence-electron chi connectivity index (χ0n) is 16.2. The van der Waals surface area contributed by atoms with Crippen LogP contribution in [-0.4, -0.2) is 28.6 Å². The molecule has 0 fully saturated rings. The van der Waals surface area contributed by atoms with E-state index in [1.807, 2.05) is 32.9 Å². The van der Waals surface area contributed by atoms with Gasteiger partial charge in [0.2, 0.25) is 5.88 Å². The van der Waals surface area contributed by atoms with E-state index in [-0.39, 0.29) is 17.7 Å². The average molecular weight is 434 g/mol. The first kappa shape index (κ1) is 21.0. The maximum Gasteiger partial charge on any atom is 0.312 e. The summed E-state index contributed by atoms with van der Waals surface area (Å²) in [6, 6.07) is 8.97. The zero-order valence-corrected chi connectivity index (χ0v) is 17.8. The van der Waals surface area contributed by atoms with Crippen molar-refractivity contribution in [2.24, 2.45) is 0 Å². The quantitative estimate of drug-likeness (QED) is 0.576. The standard InChI is InChI=1S/C20H20ClN3O4S/c1-20(2,3)15-9-17(28-24-15)23-16(25)10-27-18(26)8-14-11-29-19(22-14)12-5-4-6-13(21)7-12/h4-7,9,11H,8,10H2,1-3H3,(H,23,25). The number of nitrogens with one attached hydrogen (secondary N) is 1. The highest BCUT2D eigenvalue weighted by Crippen LogP contribution is 2.26. The Hall–Kier alpha value is -2.71. The second kappa shape index (κ2) is 8.75. The van der Waals surface area contributed by atoms with E-state index in [9.17, 15) is 9.59 Å². The van der Waals surface area contributed by atoms with Crippen molar-refractivity contribution in [3.63, 3.8) is 0 Å². The van der Waals surface area contributed by atoms with E-state index in [0.29, 0.717) is 16.4 Å². The minimum Gasteiger partial charge on any atom is -0.455 e. The molecule has 0 saturated carbocycles. The summed E-state index contributed by atoms with van der Waals surface area (Å²) in [5.74, 6) is -0.842. The first-order valence-electron chi connectivity index (χ1n) is 8.84. The third-order valence-corrected chi connectivity index (χ3v) is 5.03. The Labute approximate surface area is 177 Å². The number of thiazole rings is 1. The topological polar surface area (TPSA) is 94.3 Å². The van der Waals surface area contributed by atoms with Gasteiger partial charge in [0, 0.05) is 27.4 Å². The maximum absolute atomic E-state index is 12.0. The summed E-state index contributed by atoms with van der Waals surface area (Å²) in [4.78, 5) is 28.4. The molecular formula is C20H20ClN3O4S. The first-order chi connectivity index (χ1) is 13.7. The van der Waals surface area contributed by atoms with Crippen LogP contribution in [0, 0.1) is 0 Å². The number of ether oxygens (including phenoxy) is 1. The number of anilines is 1. The van der Waals surface area contributed by atoms with Crippen molar-refractivity contribution < 1.29 is 18.8 Å². The van der Waals surface area contributed by atoms with Gasteiger partial charge in [-0.05, 0) is 12.1 Å². The van der Waals surface area contributed by atoms with E-state index in [1.54, 1.807) is 23.6 Å². The molecule has 0 saturated heterocycles. The molecule has 0 unspecified atom stereocenters. The van der Waals surface area contributed by atoms with Gasteiger partial charge in [-0.15, -0.1) is 11.3 Å². The lowest BCUT2D eigenvalue weighted by Gasteiger charge is -2.12. The second-order valence-electron chi connectivity index (χ2n) is 7.37. The molecule has 0 spiro atoms. The summed E-state index contributed by atoms with van der Waals surface area (Å²) in [5.41, 5.74) is 1.96. The van der Waals surface area contributed by atoms with Crippen molar-refractivity contribution in [1.29, 1.82) is 0 Å². The minimum atomic E-state index is -0.545. The van der Waals surface area contributed by atoms with Gasteiger partial charge >= 0.3 is 5.97 Å². The van der Waals surface area contributed by atoms with Crippen molar-refractivity contribution in [3.05, 3.63) is 52.1 Å². The highest BCUT2D eigenvalue weighted by atomic mass is 35.5. The predicted octanol–water partition coefficient (Wildman–Crippen LogP) is 4.47. The molecule has 152 valence electrons. The number of hydrogen-bond donors (Lipinski definition) is 1. The van der Waals surface area contributed by atoms with Gasteiger partial charge in [-0.1, -0.05) is 49.7 Å². The number of rotatable bonds is 6. The molecule has 0 atom stereocenters. The van der Waals surface area contributed by atoms with Crippen LogP contribution in [0.15, 0.2) is 40.2 Å². The van der Waals surface area contributed by atoms with Crippen LogP contribution in [-0.2, 0) is 26.2 Å². The van der Waals surface area contributed by atoms with Gasteiger partial charge in [-0.3, -0.25) is 14.9 Å². The van der Waals surface area contributed by atoms with Gasteiger partial charge in [0.1, 0.15) is 5.01 Å². The fourth-order valence-electron chi connectivity index (χ4n) is 2.35. The Morgan fingerprint density at radius 1 is 1.28 bits per heavy atom. The fourth-order valence-corrected chi connectivity index (χ4v) is 3.36. The molecule has 0 aliphatic carbocycles. The van der Waals surface area contributed by atoms with Crippen molar-refractivity contribution in [2.45, 2.75) is 32.6 Å². The molecule has 7 nitrogen and oxygen atoms in total. The smallest absolute Gasteiger partial charge is 0.312 e. The van der Waals surface area contributed by atoms with Crippen LogP contribution in [0.3, 0.4) is 0 Å². The first-order valence-corrected chi connectivity index (χ1v) is 10.1. The molecule has 0 bridgehead atoms.